The number of carbonyl (C=O) groups is 1. The molecule has 2 aromatic rings. The van der Waals surface area contributed by atoms with Crippen molar-refractivity contribution in [2.75, 3.05) is 18.1 Å². The maximum Gasteiger partial charge on any atom is 0.418 e. The van der Waals surface area contributed by atoms with Crippen molar-refractivity contribution < 1.29 is 26.4 Å². The molecule has 3 rings (SSSR count). The van der Waals surface area contributed by atoms with E-state index in [1.54, 1.807) is 0 Å². The predicted molar refractivity (Wildman–Crippen MR) is 99.4 cm³/mol. The maximum absolute atomic E-state index is 13.3. The largest absolute Gasteiger partial charge is 0.418 e. The van der Waals surface area contributed by atoms with Crippen molar-refractivity contribution in [3.05, 3.63) is 41.7 Å². The second kappa shape index (κ2) is 8.13. The van der Waals surface area contributed by atoms with Gasteiger partial charge in [-0.05, 0) is 25.0 Å². The van der Waals surface area contributed by atoms with Crippen LogP contribution in [0, 0.1) is 0 Å². The van der Waals surface area contributed by atoms with Crippen molar-refractivity contribution in [2.45, 2.75) is 38.4 Å². The van der Waals surface area contributed by atoms with E-state index in [1.165, 1.54) is 23.1 Å². The van der Waals surface area contributed by atoms with Gasteiger partial charge >= 0.3 is 6.18 Å². The number of alkyl halides is 3. The van der Waals surface area contributed by atoms with Crippen LogP contribution in [0.5, 0.6) is 0 Å². The van der Waals surface area contributed by atoms with E-state index in [9.17, 15) is 26.4 Å². The summed E-state index contributed by atoms with van der Waals surface area (Å²) in [5.41, 5.74) is -1.26. The zero-order valence-electron chi connectivity index (χ0n) is 15.8. The molecule has 1 aromatic heterocycles. The molecule has 1 saturated heterocycles. The zero-order valence-corrected chi connectivity index (χ0v) is 16.6. The quantitative estimate of drug-likeness (QED) is 0.704. The van der Waals surface area contributed by atoms with Gasteiger partial charge < -0.3 is 4.90 Å². The Morgan fingerprint density at radius 1 is 1.31 bits per heavy atom. The number of unbranched alkanes of at least 4 members (excludes halogenated alkanes) is 1. The number of para-hydroxylation sites is 1. The van der Waals surface area contributed by atoms with E-state index >= 15 is 0 Å². The van der Waals surface area contributed by atoms with Crippen LogP contribution in [-0.4, -0.2) is 58.3 Å². The van der Waals surface area contributed by atoms with Crippen LogP contribution in [0.3, 0.4) is 0 Å². The molecule has 158 valence electrons. The maximum atomic E-state index is 13.3. The minimum Gasteiger partial charge on any atom is -0.333 e. The molecule has 0 bridgehead atoms. The Morgan fingerprint density at radius 3 is 2.66 bits per heavy atom. The molecule has 2 heterocycles. The van der Waals surface area contributed by atoms with Crippen molar-refractivity contribution in [3.63, 3.8) is 0 Å². The second-order valence-corrected chi connectivity index (χ2v) is 9.20. The normalized spacial score (nSPS) is 18.7. The van der Waals surface area contributed by atoms with Crippen LogP contribution in [0.2, 0.25) is 0 Å². The molecule has 11 heteroatoms. The molecule has 0 N–H and O–H groups in total. The average molecular weight is 430 g/mol. The number of carbonyl (C=O) groups excluding carboxylic acids is 1. The third-order valence-electron chi connectivity index (χ3n) is 4.83. The first-order chi connectivity index (χ1) is 13.6. The van der Waals surface area contributed by atoms with Crippen molar-refractivity contribution in [2.24, 2.45) is 0 Å². The highest BCUT2D eigenvalue weighted by molar-refractivity contribution is 7.91. The van der Waals surface area contributed by atoms with Crippen LogP contribution in [0.25, 0.3) is 5.69 Å². The van der Waals surface area contributed by atoms with Gasteiger partial charge in [-0.3, -0.25) is 4.79 Å². The summed E-state index contributed by atoms with van der Waals surface area (Å²) >= 11 is 0. The molecule has 29 heavy (non-hydrogen) atoms. The lowest BCUT2D eigenvalue weighted by atomic mass is 10.1. The summed E-state index contributed by atoms with van der Waals surface area (Å²) in [5, 5.41) is 7.46. The number of rotatable bonds is 6. The molecule has 1 unspecified atom stereocenters. The summed E-state index contributed by atoms with van der Waals surface area (Å²) in [7, 11) is -3.20. The van der Waals surface area contributed by atoms with Gasteiger partial charge in [0.1, 0.15) is 0 Å². The number of sulfone groups is 1. The number of nitrogens with zero attached hydrogens (tertiary/aromatic N) is 4. The Labute approximate surface area is 166 Å². The monoisotopic (exact) mass is 430 g/mol. The Bertz CT molecular complexity index is 988. The van der Waals surface area contributed by atoms with Crippen LogP contribution >= 0.6 is 0 Å². The van der Waals surface area contributed by atoms with Gasteiger partial charge in [0.2, 0.25) is 0 Å². The lowest BCUT2D eigenvalue weighted by Crippen LogP contribution is -2.42. The average Bonchev–Trinajstić information content (AvgIpc) is 3.28. The summed E-state index contributed by atoms with van der Waals surface area (Å²) in [6.45, 7) is 2.29. The first-order valence-corrected chi connectivity index (χ1v) is 11.0. The summed E-state index contributed by atoms with van der Waals surface area (Å²) in [6.07, 6.45) is -1.63. The Kier molecular flexibility index (Phi) is 5.97. The zero-order chi connectivity index (χ0) is 21.2. The van der Waals surface area contributed by atoms with Gasteiger partial charge in [0.15, 0.2) is 15.5 Å². The first kappa shape index (κ1) is 21.3. The lowest BCUT2D eigenvalue weighted by molar-refractivity contribution is -0.137. The van der Waals surface area contributed by atoms with E-state index in [1.807, 2.05) is 6.92 Å². The Morgan fingerprint density at radius 2 is 2.03 bits per heavy atom. The van der Waals surface area contributed by atoms with Gasteiger partial charge in [-0.15, -0.1) is 5.10 Å². The summed E-state index contributed by atoms with van der Waals surface area (Å²) < 4.78 is 64.3. The van der Waals surface area contributed by atoms with Crippen molar-refractivity contribution in [3.8, 4) is 5.69 Å². The second-order valence-electron chi connectivity index (χ2n) is 6.97. The molecule has 1 fully saturated rings. The molecule has 1 amide bonds. The fourth-order valence-corrected chi connectivity index (χ4v) is 5.07. The smallest absolute Gasteiger partial charge is 0.333 e. The van der Waals surface area contributed by atoms with E-state index in [0.29, 0.717) is 19.4 Å². The van der Waals surface area contributed by atoms with E-state index in [-0.39, 0.29) is 22.9 Å². The highest BCUT2D eigenvalue weighted by Crippen LogP contribution is 2.33. The van der Waals surface area contributed by atoms with E-state index in [0.717, 1.165) is 23.4 Å². The first-order valence-electron chi connectivity index (χ1n) is 9.22. The van der Waals surface area contributed by atoms with Crippen LogP contribution in [0.4, 0.5) is 13.2 Å². The Hall–Kier alpha value is -2.43. The van der Waals surface area contributed by atoms with E-state index in [2.05, 4.69) is 10.3 Å². The van der Waals surface area contributed by atoms with E-state index < -0.39 is 33.5 Å². The van der Waals surface area contributed by atoms with Crippen LogP contribution in [0.1, 0.15) is 42.2 Å². The molecule has 1 aliphatic heterocycles. The SMILES string of the molecule is CCCCN(C(=O)c1cn(-c2ccccc2C(F)(F)F)nn1)C1CCS(=O)(=O)C1. The third-order valence-corrected chi connectivity index (χ3v) is 6.58. The number of benzene rings is 1. The Balaban J connectivity index is 1.89. The minimum atomic E-state index is -4.59. The highest BCUT2D eigenvalue weighted by atomic mass is 32.2. The van der Waals surface area contributed by atoms with Gasteiger partial charge in [-0.1, -0.05) is 30.7 Å². The molecule has 0 spiro atoms. The number of hydrogen-bond donors (Lipinski definition) is 0. The summed E-state index contributed by atoms with van der Waals surface area (Å²) in [4.78, 5) is 14.4. The van der Waals surface area contributed by atoms with Gasteiger partial charge in [-0.2, -0.15) is 13.2 Å². The molecule has 7 nitrogen and oxygen atoms in total. The number of aromatic nitrogens is 3. The molecule has 0 saturated carbocycles. The van der Waals surface area contributed by atoms with E-state index in [4.69, 9.17) is 0 Å². The molecular formula is C18H21F3N4O3S. The van der Waals surface area contributed by atoms with Crippen LogP contribution in [0.15, 0.2) is 30.5 Å². The fourth-order valence-electron chi connectivity index (χ4n) is 3.34. The van der Waals surface area contributed by atoms with Gasteiger partial charge in [0.05, 0.1) is 29.0 Å². The minimum absolute atomic E-state index is 0.0131. The van der Waals surface area contributed by atoms with Crippen molar-refractivity contribution in [1.29, 1.82) is 0 Å². The molecule has 1 atom stereocenters. The summed E-state index contributed by atoms with van der Waals surface area (Å²) in [6, 6.07) is 4.40. The third kappa shape index (κ3) is 4.77. The molecule has 0 radical (unpaired) electrons. The van der Waals surface area contributed by atoms with Crippen molar-refractivity contribution >= 4 is 15.7 Å². The van der Waals surface area contributed by atoms with Crippen molar-refractivity contribution in [1.82, 2.24) is 19.9 Å². The van der Waals surface area contributed by atoms with Crippen LogP contribution < -0.4 is 0 Å². The topological polar surface area (TPSA) is 85.2 Å². The predicted octanol–water partition coefficient (Wildman–Crippen LogP) is 2.72. The van der Waals surface area contributed by atoms with Gasteiger partial charge in [0.25, 0.3) is 5.91 Å². The molecule has 1 aliphatic rings. The fraction of sp³-hybridized carbons (Fsp3) is 0.500. The molecule has 1 aromatic carbocycles. The standard InChI is InChI=1S/C18H21F3N4O3S/c1-2-3-9-24(13-8-10-29(27,28)12-13)17(26)15-11-25(23-22-15)16-7-5-4-6-14(16)18(19,20)21/h4-7,11,13H,2-3,8-10,12H2,1H3. The highest BCUT2D eigenvalue weighted by Gasteiger charge is 2.36. The van der Waals surface area contributed by atoms with Gasteiger partial charge in [0, 0.05) is 12.6 Å². The number of halogens is 3. The number of hydrogen-bond acceptors (Lipinski definition) is 5. The molecular weight excluding hydrogens is 409 g/mol. The summed E-state index contributed by atoms with van der Waals surface area (Å²) in [5.74, 6) is -0.636. The number of amides is 1. The van der Waals surface area contributed by atoms with Crippen LogP contribution in [-0.2, 0) is 16.0 Å². The lowest BCUT2D eigenvalue weighted by Gasteiger charge is -2.27. The van der Waals surface area contributed by atoms with Gasteiger partial charge in [-0.25, -0.2) is 13.1 Å². The molecule has 0 aliphatic carbocycles.